The van der Waals surface area contributed by atoms with E-state index in [4.69, 9.17) is 0 Å². The molecule has 1 heterocycles. The normalized spacial score (nSPS) is 11.5. The molecule has 1 aromatic rings. The SMILES string of the molecule is FC(F)(F)CNc1cn[nH]c1. The minimum absolute atomic E-state index is 0.335. The number of H-pyrrole nitrogens is 1. The van der Waals surface area contributed by atoms with Gasteiger partial charge in [0.15, 0.2) is 0 Å². The quantitative estimate of drug-likeness (QED) is 0.695. The molecule has 1 rings (SSSR count). The summed E-state index contributed by atoms with van der Waals surface area (Å²) in [5, 5.41) is 8.00. The van der Waals surface area contributed by atoms with E-state index >= 15 is 0 Å². The van der Waals surface area contributed by atoms with Crippen LogP contribution in [-0.4, -0.2) is 22.9 Å². The summed E-state index contributed by atoms with van der Waals surface area (Å²) in [7, 11) is 0. The fourth-order valence-corrected chi connectivity index (χ4v) is 0.550. The molecular formula is C5H6F3N3. The Bertz CT molecular complexity index is 203. The number of halogens is 3. The van der Waals surface area contributed by atoms with E-state index in [9.17, 15) is 13.2 Å². The second-order valence-electron chi connectivity index (χ2n) is 1.96. The van der Waals surface area contributed by atoms with E-state index in [-0.39, 0.29) is 0 Å². The van der Waals surface area contributed by atoms with Crippen LogP contribution in [0.1, 0.15) is 0 Å². The molecule has 0 aliphatic heterocycles. The average molecular weight is 165 g/mol. The van der Waals surface area contributed by atoms with Gasteiger partial charge >= 0.3 is 6.18 Å². The lowest BCUT2D eigenvalue weighted by Crippen LogP contribution is -2.20. The van der Waals surface area contributed by atoms with Gasteiger partial charge < -0.3 is 5.32 Å². The molecule has 62 valence electrons. The summed E-state index contributed by atoms with van der Waals surface area (Å²) in [6.07, 6.45) is -1.55. The number of nitrogens with one attached hydrogen (secondary N) is 2. The van der Waals surface area contributed by atoms with E-state index < -0.39 is 12.7 Å². The molecule has 3 nitrogen and oxygen atoms in total. The highest BCUT2D eigenvalue weighted by atomic mass is 19.4. The molecule has 0 aliphatic rings. The van der Waals surface area contributed by atoms with Crippen molar-refractivity contribution in [2.45, 2.75) is 6.18 Å². The molecule has 0 bridgehead atoms. The van der Waals surface area contributed by atoms with Crippen LogP contribution in [0.15, 0.2) is 12.4 Å². The Kier molecular flexibility index (Phi) is 2.02. The van der Waals surface area contributed by atoms with Gasteiger partial charge in [-0.15, -0.1) is 0 Å². The van der Waals surface area contributed by atoms with Crippen LogP contribution in [0.4, 0.5) is 18.9 Å². The molecule has 11 heavy (non-hydrogen) atoms. The second kappa shape index (κ2) is 2.81. The zero-order valence-electron chi connectivity index (χ0n) is 5.44. The molecule has 0 amide bonds. The maximum Gasteiger partial charge on any atom is 0.405 e. The fraction of sp³-hybridized carbons (Fsp3) is 0.400. The summed E-state index contributed by atoms with van der Waals surface area (Å²) < 4.78 is 34.7. The monoisotopic (exact) mass is 165 g/mol. The zero-order chi connectivity index (χ0) is 8.32. The van der Waals surface area contributed by atoms with Crippen LogP contribution in [0.5, 0.6) is 0 Å². The first-order chi connectivity index (χ1) is 5.08. The Morgan fingerprint density at radius 3 is 2.73 bits per heavy atom. The van der Waals surface area contributed by atoms with Crippen molar-refractivity contribution < 1.29 is 13.2 Å². The van der Waals surface area contributed by atoms with E-state index in [0.717, 1.165) is 0 Å². The van der Waals surface area contributed by atoms with Crippen molar-refractivity contribution in [3.63, 3.8) is 0 Å². The number of aromatic amines is 1. The molecule has 1 aromatic heterocycles. The van der Waals surface area contributed by atoms with Crippen LogP contribution >= 0.6 is 0 Å². The molecule has 0 radical (unpaired) electrons. The predicted octanol–water partition coefficient (Wildman–Crippen LogP) is 1.38. The predicted molar refractivity (Wildman–Crippen MR) is 33.1 cm³/mol. The highest BCUT2D eigenvalue weighted by molar-refractivity contribution is 5.37. The number of aromatic nitrogens is 2. The molecule has 2 N–H and O–H groups in total. The van der Waals surface area contributed by atoms with Crippen LogP contribution in [0, 0.1) is 0 Å². The standard InChI is InChI=1S/C5H6F3N3/c6-5(7,8)3-9-4-1-10-11-2-4/h1-2,9H,3H2,(H,10,11). The molecule has 0 aliphatic carbocycles. The van der Waals surface area contributed by atoms with E-state index in [1.54, 1.807) is 0 Å². The molecule has 0 unspecified atom stereocenters. The van der Waals surface area contributed by atoms with Crippen molar-refractivity contribution in [3.8, 4) is 0 Å². The van der Waals surface area contributed by atoms with Gasteiger partial charge in [-0.2, -0.15) is 18.3 Å². The Labute approximate surface area is 60.6 Å². The number of hydrogen-bond donors (Lipinski definition) is 2. The van der Waals surface area contributed by atoms with Crippen molar-refractivity contribution in [2.75, 3.05) is 11.9 Å². The molecule has 0 saturated heterocycles. The summed E-state index contributed by atoms with van der Waals surface area (Å²) in [4.78, 5) is 0. The zero-order valence-corrected chi connectivity index (χ0v) is 5.44. The van der Waals surface area contributed by atoms with E-state index in [1.807, 2.05) is 0 Å². The Hall–Kier alpha value is -1.20. The minimum atomic E-state index is -4.18. The third-order valence-electron chi connectivity index (χ3n) is 0.991. The number of alkyl halides is 3. The smallest absolute Gasteiger partial charge is 0.374 e. The van der Waals surface area contributed by atoms with Crippen molar-refractivity contribution in [1.82, 2.24) is 10.2 Å². The van der Waals surface area contributed by atoms with Crippen LogP contribution in [0.3, 0.4) is 0 Å². The molecular weight excluding hydrogens is 159 g/mol. The fourth-order valence-electron chi connectivity index (χ4n) is 0.550. The topological polar surface area (TPSA) is 40.7 Å². The van der Waals surface area contributed by atoms with Crippen molar-refractivity contribution in [3.05, 3.63) is 12.4 Å². The molecule has 0 spiro atoms. The van der Waals surface area contributed by atoms with Gasteiger partial charge in [-0.25, -0.2) is 0 Å². The Balaban J connectivity index is 2.35. The number of hydrogen-bond acceptors (Lipinski definition) is 2. The summed E-state index contributed by atoms with van der Waals surface area (Å²) >= 11 is 0. The van der Waals surface area contributed by atoms with E-state index in [1.165, 1.54) is 12.4 Å². The lowest BCUT2D eigenvalue weighted by Gasteiger charge is -2.06. The van der Waals surface area contributed by atoms with Crippen molar-refractivity contribution in [2.24, 2.45) is 0 Å². The maximum atomic E-state index is 11.6. The van der Waals surface area contributed by atoms with Gasteiger partial charge in [0.2, 0.25) is 0 Å². The average Bonchev–Trinajstić information content (AvgIpc) is 2.32. The largest absolute Gasteiger partial charge is 0.405 e. The molecule has 0 atom stereocenters. The van der Waals surface area contributed by atoms with Crippen LogP contribution in [0.2, 0.25) is 0 Å². The summed E-state index contributed by atoms with van der Waals surface area (Å²) in [5.41, 5.74) is 0.335. The van der Waals surface area contributed by atoms with Crippen LogP contribution < -0.4 is 5.32 Å². The third kappa shape index (κ3) is 2.92. The van der Waals surface area contributed by atoms with Gasteiger partial charge in [0.25, 0.3) is 0 Å². The van der Waals surface area contributed by atoms with Gasteiger partial charge in [0, 0.05) is 6.20 Å². The second-order valence-corrected chi connectivity index (χ2v) is 1.96. The summed E-state index contributed by atoms with van der Waals surface area (Å²) in [6, 6.07) is 0. The van der Waals surface area contributed by atoms with Crippen molar-refractivity contribution >= 4 is 5.69 Å². The third-order valence-corrected chi connectivity index (χ3v) is 0.991. The Morgan fingerprint density at radius 1 is 1.55 bits per heavy atom. The number of nitrogens with zero attached hydrogens (tertiary/aromatic N) is 1. The lowest BCUT2D eigenvalue weighted by molar-refractivity contribution is -0.115. The maximum absolute atomic E-state index is 11.6. The van der Waals surface area contributed by atoms with E-state index in [0.29, 0.717) is 5.69 Å². The molecule has 0 aromatic carbocycles. The lowest BCUT2D eigenvalue weighted by atomic mass is 10.5. The number of rotatable bonds is 2. The molecule has 0 saturated carbocycles. The summed E-state index contributed by atoms with van der Waals surface area (Å²) in [5.74, 6) is 0. The van der Waals surface area contributed by atoms with Gasteiger partial charge in [-0.05, 0) is 0 Å². The highest BCUT2D eigenvalue weighted by Gasteiger charge is 2.26. The van der Waals surface area contributed by atoms with Crippen LogP contribution in [-0.2, 0) is 0 Å². The molecule has 0 fully saturated rings. The van der Waals surface area contributed by atoms with Gasteiger partial charge in [0.05, 0.1) is 11.9 Å². The van der Waals surface area contributed by atoms with Gasteiger partial charge in [-0.1, -0.05) is 0 Å². The van der Waals surface area contributed by atoms with Gasteiger partial charge in [0.1, 0.15) is 6.54 Å². The van der Waals surface area contributed by atoms with Crippen molar-refractivity contribution in [1.29, 1.82) is 0 Å². The van der Waals surface area contributed by atoms with Crippen LogP contribution in [0.25, 0.3) is 0 Å². The van der Waals surface area contributed by atoms with Gasteiger partial charge in [-0.3, -0.25) is 5.10 Å². The van der Waals surface area contributed by atoms with E-state index in [2.05, 4.69) is 15.5 Å². The molecule has 6 heteroatoms. The number of anilines is 1. The highest BCUT2D eigenvalue weighted by Crippen LogP contribution is 2.15. The minimum Gasteiger partial charge on any atom is -0.374 e. The first-order valence-electron chi connectivity index (χ1n) is 2.87. The summed E-state index contributed by atoms with van der Waals surface area (Å²) in [6.45, 7) is -1.04. The first-order valence-corrected chi connectivity index (χ1v) is 2.87. The Morgan fingerprint density at radius 2 is 2.27 bits per heavy atom. The first kappa shape index (κ1) is 7.90.